The largest absolute Gasteiger partial charge is 0.309 e. The van der Waals surface area contributed by atoms with Crippen LogP contribution in [0.25, 0.3) is 174 Å². The maximum absolute atomic E-state index is 5.65. The molecule has 18 rings (SSSR count). The van der Waals surface area contributed by atoms with Crippen LogP contribution in [0.4, 0.5) is 0 Å². The summed E-state index contributed by atoms with van der Waals surface area (Å²) < 4.78 is 9.91. The van der Waals surface area contributed by atoms with Crippen LogP contribution >= 0.6 is 22.7 Å². The molecule has 0 saturated carbocycles. The van der Waals surface area contributed by atoms with Crippen LogP contribution in [0.5, 0.6) is 0 Å². The minimum atomic E-state index is 0.601. The highest BCUT2D eigenvalue weighted by molar-refractivity contribution is 7.26. The van der Waals surface area contributed by atoms with E-state index in [0.29, 0.717) is 5.95 Å². The zero-order chi connectivity index (χ0) is 57.8. The highest BCUT2D eigenvalue weighted by atomic mass is 32.1. The van der Waals surface area contributed by atoms with Crippen molar-refractivity contribution in [2.45, 2.75) is 0 Å². The summed E-state index contributed by atoms with van der Waals surface area (Å²) in [5.41, 5.74) is 20.7. The molecule has 0 atom stereocenters. The van der Waals surface area contributed by atoms with Crippen molar-refractivity contribution in [1.82, 2.24) is 19.1 Å². The predicted octanol–water partition coefficient (Wildman–Crippen LogP) is 23.1. The van der Waals surface area contributed by atoms with Gasteiger partial charge in [0.2, 0.25) is 5.95 Å². The number of para-hydroxylation sites is 2. The molecule has 0 aliphatic rings. The van der Waals surface area contributed by atoms with Crippen molar-refractivity contribution in [2.24, 2.45) is 0 Å². The van der Waals surface area contributed by atoms with Crippen molar-refractivity contribution in [3.8, 4) is 89.8 Å². The molecule has 410 valence electrons. The number of thiophene rings is 2. The first-order valence-corrected chi connectivity index (χ1v) is 31.5. The number of rotatable bonds is 9. The van der Waals surface area contributed by atoms with Gasteiger partial charge in [-0.3, -0.25) is 4.57 Å². The Morgan fingerprint density at radius 2 is 0.568 bits per heavy atom. The maximum atomic E-state index is 5.65. The molecule has 13 aromatic carbocycles. The van der Waals surface area contributed by atoms with Crippen LogP contribution in [0.2, 0.25) is 0 Å². The topological polar surface area (TPSA) is 35.6 Å². The Balaban J connectivity index is 0.806. The third-order valence-corrected chi connectivity index (χ3v) is 20.0. The molecule has 0 saturated heterocycles. The van der Waals surface area contributed by atoms with Crippen LogP contribution < -0.4 is 0 Å². The van der Waals surface area contributed by atoms with E-state index in [-0.39, 0.29) is 0 Å². The van der Waals surface area contributed by atoms with Crippen LogP contribution in [0.15, 0.2) is 303 Å². The second kappa shape index (κ2) is 20.3. The summed E-state index contributed by atoms with van der Waals surface area (Å²) in [6.07, 6.45) is 0. The fraction of sp³-hybridized carbons (Fsp3) is 0. The number of benzene rings is 13. The van der Waals surface area contributed by atoms with E-state index in [1.165, 1.54) is 78.9 Å². The van der Waals surface area contributed by atoms with Gasteiger partial charge in [-0.15, -0.1) is 22.7 Å². The summed E-state index contributed by atoms with van der Waals surface area (Å²) >= 11 is 3.71. The molecule has 6 heteroatoms. The van der Waals surface area contributed by atoms with E-state index < -0.39 is 0 Å². The number of hydrogen-bond donors (Lipinski definition) is 0. The minimum Gasteiger partial charge on any atom is -0.309 e. The normalized spacial score (nSPS) is 11.9. The van der Waals surface area contributed by atoms with E-state index in [2.05, 4.69) is 312 Å². The highest BCUT2D eigenvalue weighted by Gasteiger charge is 2.21. The van der Waals surface area contributed by atoms with E-state index in [1.807, 2.05) is 22.7 Å². The molecule has 5 heterocycles. The zero-order valence-electron chi connectivity index (χ0n) is 47.5. The molecular weight excluding hydrogens is 1110 g/mol. The van der Waals surface area contributed by atoms with E-state index in [0.717, 1.165) is 88.9 Å². The van der Waals surface area contributed by atoms with E-state index in [1.54, 1.807) is 0 Å². The highest BCUT2D eigenvalue weighted by Crippen LogP contribution is 2.43. The average Bonchev–Trinajstić information content (AvgIpc) is 1.98. The summed E-state index contributed by atoms with van der Waals surface area (Å²) in [5, 5.41) is 9.90. The lowest BCUT2D eigenvalue weighted by atomic mass is 9.92. The zero-order valence-corrected chi connectivity index (χ0v) is 49.1. The molecule has 5 aromatic heterocycles. The molecule has 0 fully saturated rings. The Morgan fingerprint density at radius 1 is 0.205 bits per heavy atom. The van der Waals surface area contributed by atoms with Crippen molar-refractivity contribution in [2.75, 3.05) is 0 Å². The maximum Gasteiger partial charge on any atom is 0.235 e. The van der Waals surface area contributed by atoms with Gasteiger partial charge < -0.3 is 4.57 Å². The van der Waals surface area contributed by atoms with E-state index >= 15 is 0 Å². The standard InChI is InChI=1S/C82H50N4S2/c1-3-17-51(18-4-1)60-42-61(52-19-5-2-6-20-52)44-62(43-60)53-21-15-22-58(41-53)72-50-73(84-82(83-72)86-75-30-12-8-26-65(75)69-47-55(34-38-77(69)86)57-36-40-81-71(49-57)67-28-10-14-32-79(67)88-81)59-23-16-24-63(45-59)85-74-29-11-7-25-64(74)68-46-54(33-37-76(68)85)56-35-39-80-70(48-56)66-27-9-13-31-78(66)87-80/h1-50H. The van der Waals surface area contributed by atoms with Crippen LogP contribution in [-0.4, -0.2) is 19.1 Å². The summed E-state index contributed by atoms with van der Waals surface area (Å²) in [7, 11) is 0. The molecule has 0 radical (unpaired) electrons. The molecule has 0 bridgehead atoms. The molecule has 18 aromatic rings. The second-order valence-corrected chi connectivity index (χ2v) is 25.1. The van der Waals surface area contributed by atoms with Gasteiger partial charge in [0.05, 0.1) is 33.5 Å². The molecule has 0 aliphatic heterocycles. The molecule has 0 unspecified atom stereocenters. The van der Waals surface area contributed by atoms with E-state index in [9.17, 15) is 0 Å². The van der Waals surface area contributed by atoms with Gasteiger partial charge in [-0.2, -0.15) is 0 Å². The van der Waals surface area contributed by atoms with Crippen molar-refractivity contribution in [3.63, 3.8) is 0 Å². The van der Waals surface area contributed by atoms with Gasteiger partial charge in [0, 0.05) is 78.7 Å². The van der Waals surface area contributed by atoms with Crippen LogP contribution in [-0.2, 0) is 0 Å². The van der Waals surface area contributed by atoms with Crippen molar-refractivity contribution >= 4 is 107 Å². The first-order chi connectivity index (χ1) is 43.6. The number of aromatic nitrogens is 4. The number of hydrogen-bond acceptors (Lipinski definition) is 4. The van der Waals surface area contributed by atoms with Gasteiger partial charge in [0.25, 0.3) is 0 Å². The number of nitrogens with zero attached hydrogens (tertiary/aromatic N) is 4. The van der Waals surface area contributed by atoms with Gasteiger partial charge >= 0.3 is 0 Å². The molecular formula is C82H50N4S2. The lowest BCUT2D eigenvalue weighted by Crippen LogP contribution is -2.04. The minimum absolute atomic E-state index is 0.601. The Bertz CT molecular complexity index is 5770. The van der Waals surface area contributed by atoms with Crippen LogP contribution in [0.1, 0.15) is 0 Å². The molecule has 88 heavy (non-hydrogen) atoms. The Morgan fingerprint density at radius 3 is 1.12 bits per heavy atom. The fourth-order valence-electron chi connectivity index (χ4n) is 13.5. The Hall–Kier alpha value is -11.0. The molecule has 0 amide bonds. The molecule has 0 aliphatic carbocycles. The SMILES string of the molecule is c1ccc(-c2cc(-c3ccccc3)cc(-c3cccc(-c4cc(-c5cccc(-n6c7ccccc7c7cc(-c8ccc9sc%10ccccc%10c9c8)ccc76)c5)nc(-n5c6ccccc6c6cc(-c7ccc8sc9ccccc9c8c7)ccc65)n4)c3)c2)cc1. The summed E-state index contributed by atoms with van der Waals surface area (Å²) in [5.74, 6) is 0.601. The summed E-state index contributed by atoms with van der Waals surface area (Å²) in [6, 6.07) is 111. The van der Waals surface area contributed by atoms with Crippen molar-refractivity contribution < 1.29 is 0 Å². The first-order valence-electron chi connectivity index (χ1n) is 29.8. The molecule has 4 nitrogen and oxygen atoms in total. The quantitative estimate of drug-likeness (QED) is 0.144. The lowest BCUT2D eigenvalue weighted by Gasteiger charge is -2.15. The average molecular weight is 1160 g/mol. The molecule has 0 N–H and O–H groups in total. The third kappa shape index (κ3) is 8.40. The van der Waals surface area contributed by atoms with Gasteiger partial charge in [-0.25, -0.2) is 9.97 Å². The third-order valence-electron chi connectivity index (χ3n) is 17.7. The van der Waals surface area contributed by atoms with E-state index in [4.69, 9.17) is 9.97 Å². The second-order valence-electron chi connectivity index (χ2n) is 22.9. The lowest BCUT2D eigenvalue weighted by molar-refractivity contribution is 0.995. The Kier molecular flexibility index (Phi) is 11.6. The van der Waals surface area contributed by atoms with Gasteiger partial charge in [-0.05, 0) is 171 Å². The predicted molar refractivity (Wildman–Crippen MR) is 375 cm³/mol. The Labute approximate surface area is 515 Å². The smallest absolute Gasteiger partial charge is 0.235 e. The van der Waals surface area contributed by atoms with Crippen molar-refractivity contribution in [1.29, 1.82) is 0 Å². The summed E-state index contributed by atoms with van der Waals surface area (Å²) in [4.78, 5) is 11.3. The van der Waals surface area contributed by atoms with Gasteiger partial charge in [-0.1, -0.05) is 188 Å². The fourth-order valence-corrected chi connectivity index (χ4v) is 15.7. The summed E-state index contributed by atoms with van der Waals surface area (Å²) in [6.45, 7) is 0. The van der Waals surface area contributed by atoms with Crippen LogP contribution in [0.3, 0.4) is 0 Å². The van der Waals surface area contributed by atoms with Gasteiger partial charge in [0.15, 0.2) is 0 Å². The monoisotopic (exact) mass is 1150 g/mol. The van der Waals surface area contributed by atoms with Crippen molar-refractivity contribution in [3.05, 3.63) is 303 Å². The first kappa shape index (κ1) is 50.3. The number of fused-ring (bicyclic) bond motifs is 12. The van der Waals surface area contributed by atoms with Gasteiger partial charge in [0.1, 0.15) is 0 Å². The molecule has 0 spiro atoms. The van der Waals surface area contributed by atoms with Crippen LogP contribution in [0, 0.1) is 0 Å².